The lowest BCUT2D eigenvalue weighted by atomic mass is 9.89. The molecule has 0 aliphatic heterocycles. The molecule has 0 heterocycles. The van der Waals surface area contributed by atoms with Gasteiger partial charge in [0, 0.05) is 0 Å². The normalized spacial score (nSPS) is 16.1. The minimum absolute atomic E-state index is 1.18. The fourth-order valence-corrected chi connectivity index (χ4v) is 1.82. The zero-order chi connectivity index (χ0) is 7.68. The third kappa shape index (κ3) is 1.18. The Balaban J connectivity index is 2.49. The molecule has 0 saturated carbocycles. The maximum atomic E-state index is 2.38. The van der Waals surface area contributed by atoms with E-state index in [0.717, 1.165) is 0 Å². The lowest BCUT2D eigenvalue weighted by Crippen LogP contribution is -2.04. The van der Waals surface area contributed by atoms with Gasteiger partial charge in [0.05, 0.1) is 0 Å². The van der Waals surface area contributed by atoms with Crippen LogP contribution in [0.3, 0.4) is 0 Å². The third-order valence-electron chi connectivity index (χ3n) is 2.47. The van der Waals surface area contributed by atoms with Gasteiger partial charge < -0.3 is 0 Å². The van der Waals surface area contributed by atoms with Crippen LogP contribution in [0.1, 0.15) is 23.1 Å². The lowest BCUT2D eigenvalue weighted by molar-refractivity contribution is 0.822. The SMILES string of the molecule is Cc1cccc2c1CC[CH]C2. The van der Waals surface area contributed by atoms with E-state index >= 15 is 0 Å². The lowest BCUT2D eigenvalue weighted by Gasteiger charge is -2.16. The average molecular weight is 145 g/mol. The third-order valence-corrected chi connectivity index (χ3v) is 2.47. The van der Waals surface area contributed by atoms with E-state index < -0.39 is 0 Å². The smallest absolute Gasteiger partial charge is 0.0245 e. The first-order chi connectivity index (χ1) is 5.38. The first kappa shape index (κ1) is 6.90. The highest BCUT2D eigenvalue weighted by Gasteiger charge is 2.09. The molecule has 0 atom stereocenters. The molecule has 0 bridgehead atoms. The second-order valence-corrected chi connectivity index (χ2v) is 3.24. The maximum absolute atomic E-state index is 2.38. The van der Waals surface area contributed by atoms with Crippen LogP contribution in [0.5, 0.6) is 0 Å². The Morgan fingerprint density at radius 1 is 1.27 bits per heavy atom. The Morgan fingerprint density at radius 2 is 2.18 bits per heavy atom. The van der Waals surface area contributed by atoms with Gasteiger partial charge in [-0.3, -0.25) is 0 Å². The molecular weight excluding hydrogens is 132 g/mol. The molecule has 1 aliphatic carbocycles. The highest BCUT2D eigenvalue weighted by atomic mass is 14.1. The molecule has 0 aromatic heterocycles. The van der Waals surface area contributed by atoms with Crippen molar-refractivity contribution in [3.63, 3.8) is 0 Å². The van der Waals surface area contributed by atoms with Gasteiger partial charge in [0.2, 0.25) is 0 Å². The number of benzene rings is 1. The van der Waals surface area contributed by atoms with Crippen molar-refractivity contribution in [3.8, 4) is 0 Å². The second kappa shape index (κ2) is 2.69. The minimum Gasteiger partial charge on any atom is -0.0617 e. The Bertz CT molecular complexity index is 261. The quantitative estimate of drug-likeness (QED) is 0.526. The molecule has 1 radical (unpaired) electrons. The fraction of sp³-hybridized carbons (Fsp3) is 0.364. The summed E-state index contributed by atoms with van der Waals surface area (Å²) in [6.45, 7) is 2.21. The average Bonchev–Trinajstić information content (AvgIpc) is 2.06. The predicted octanol–water partition coefficient (Wildman–Crippen LogP) is 2.69. The van der Waals surface area contributed by atoms with E-state index in [0.29, 0.717) is 0 Å². The van der Waals surface area contributed by atoms with Crippen LogP contribution in [-0.2, 0) is 12.8 Å². The van der Waals surface area contributed by atoms with Gasteiger partial charge in [0.25, 0.3) is 0 Å². The molecular formula is C11H13. The summed E-state index contributed by atoms with van der Waals surface area (Å²) in [6.07, 6.45) is 6.07. The van der Waals surface area contributed by atoms with E-state index in [1.807, 2.05) is 0 Å². The Morgan fingerprint density at radius 3 is 3.00 bits per heavy atom. The summed E-state index contributed by atoms with van der Waals surface area (Å²) in [7, 11) is 0. The van der Waals surface area contributed by atoms with Crippen LogP contribution in [-0.4, -0.2) is 0 Å². The van der Waals surface area contributed by atoms with Crippen molar-refractivity contribution in [2.75, 3.05) is 0 Å². The summed E-state index contributed by atoms with van der Waals surface area (Å²) in [4.78, 5) is 0. The number of hydrogen-bond donors (Lipinski definition) is 0. The summed E-state index contributed by atoms with van der Waals surface area (Å²) in [5.41, 5.74) is 4.60. The van der Waals surface area contributed by atoms with Gasteiger partial charge in [-0.1, -0.05) is 18.2 Å². The topological polar surface area (TPSA) is 0 Å². The molecule has 0 nitrogen and oxygen atoms in total. The van der Waals surface area contributed by atoms with Gasteiger partial charge >= 0.3 is 0 Å². The Hall–Kier alpha value is -0.780. The standard InChI is InChI=1S/C11H13/c1-9-5-4-7-10-6-2-3-8-11(9)10/h2,4-5,7H,3,6,8H2,1H3. The molecule has 1 aromatic carbocycles. The van der Waals surface area contributed by atoms with Crippen molar-refractivity contribution in [1.29, 1.82) is 0 Å². The summed E-state index contributed by atoms with van der Waals surface area (Å²) in [6, 6.07) is 6.62. The van der Waals surface area contributed by atoms with E-state index in [-0.39, 0.29) is 0 Å². The largest absolute Gasteiger partial charge is 0.0617 e. The predicted molar refractivity (Wildman–Crippen MR) is 47.5 cm³/mol. The summed E-state index contributed by atoms with van der Waals surface area (Å²) in [5, 5.41) is 0. The molecule has 11 heavy (non-hydrogen) atoms. The van der Waals surface area contributed by atoms with Gasteiger partial charge in [-0.2, -0.15) is 0 Å². The van der Waals surface area contributed by atoms with Crippen molar-refractivity contribution in [2.45, 2.75) is 26.2 Å². The summed E-state index contributed by atoms with van der Waals surface area (Å²) >= 11 is 0. The van der Waals surface area contributed by atoms with Crippen LogP contribution in [0.2, 0.25) is 0 Å². The summed E-state index contributed by atoms with van der Waals surface area (Å²) < 4.78 is 0. The molecule has 1 aromatic rings. The van der Waals surface area contributed by atoms with Crippen LogP contribution >= 0.6 is 0 Å². The molecule has 0 spiro atoms. The molecule has 0 heteroatoms. The van der Waals surface area contributed by atoms with Crippen LogP contribution in [0.4, 0.5) is 0 Å². The molecule has 2 rings (SSSR count). The van der Waals surface area contributed by atoms with Crippen LogP contribution < -0.4 is 0 Å². The van der Waals surface area contributed by atoms with E-state index in [1.165, 1.54) is 30.4 Å². The van der Waals surface area contributed by atoms with Gasteiger partial charge in [-0.15, -0.1) is 0 Å². The van der Waals surface area contributed by atoms with Crippen molar-refractivity contribution in [3.05, 3.63) is 41.3 Å². The minimum atomic E-state index is 1.18. The zero-order valence-corrected chi connectivity index (χ0v) is 6.93. The highest BCUT2D eigenvalue weighted by molar-refractivity contribution is 5.37. The number of rotatable bonds is 0. The molecule has 0 fully saturated rings. The fourth-order valence-electron chi connectivity index (χ4n) is 1.82. The molecule has 57 valence electrons. The summed E-state index contributed by atoms with van der Waals surface area (Å²) in [5.74, 6) is 0. The molecule has 0 amide bonds. The molecule has 0 unspecified atom stereocenters. The van der Waals surface area contributed by atoms with E-state index in [9.17, 15) is 0 Å². The van der Waals surface area contributed by atoms with E-state index in [1.54, 1.807) is 5.56 Å². The molecule has 0 N–H and O–H groups in total. The van der Waals surface area contributed by atoms with E-state index in [4.69, 9.17) is 0 Å². The second-order valence-electron chi connectivity index (χ2n) is 3.24. The first-order valence-corrected chi connectivity index (χ1v) is 4.27. The van der Waals surface area contributed by atoms with Gasteiger partial charge in [-0.25, -0.2) is 0 Å². The van der Waals surface area contributed by atoms with Crippen molar-refractivity contribution < 1.29 is 0 Å². The van der Waals surface area contributed by atoms with E-state index in [2.05, 4.69) is 31.5 Å². The highest BCUT2D eigenvalue weighted by Crippen LogP contribution is 2.22. The number of aryl methyl sites for hydroxylation is 1. The van der Waals surface area contributed by atoms with Crippen molar-refractivity contribution in [2.24, 2.45) is 0 Å². The Labute approximate surface area is 68.3 Å². The maximum Gasteiger partial charge on any atom is -0.0245 e. The first-order valence-electron chi connectivity index (χ1n) is 4.27. The monoisotopic (exact) mass is 145 g/mol. The van der Waals surface area contributed by atoms with Crippen LogP contribution in [0.25, 0.3) is 0 Å². The van der Waals surface area contributed by atoms with Gasteiger partial charge in [0.1, 0.15) is 0 Å². The van der Waals surface area contributed by atoms with Crippen molar-refractivity contribution >= 4 is 0 Å². The zero-order valence-electron chi connectivity index (χ0n) is 6.93. The van der Waals surface area contributed by atoms with Crippen LogP contribution in [0.15, 0.2) is 18.2 Å². The number of fused-ring (bicyclic) bond motifs is 1. The number of hydrogen-bond acceptors (Lipinski definition) is 0. The molecule has 1 aliphatic rings. The molecule has 0 saturated heterocycles. The van der Waals surface area contributed by atoms with Gasteiger partial charge in [0.15, 0.2) is 0 Å². The van der Waals surface area contributed by atoms with Gasteiger partial charge in [-0.05, 0) is 49.3 Å². The van der Waals surface area contributed by atoms with Crippen LogP contribution in [0, 0.1) is 13.3 Å². The Kier molecular flexibility index (Phi) is 1.69. The van der Waals surface area contributed by atoms with Crippen molar-refractivity contribution in [1.82, 2.24) is 0 Å².